The summed E-state index contributed by atoms with van der Waals surface area (Å²) in [6.45, 7) is 4.23. The lowest BCUT2D eigenvalue weighted by molar-refractivity contribution is 0.468. The molecule has 0 unspecified atom stereocenters. The normalized spacial score (nSPS) is 13.2. The highest BCUT2D eigenvalue weighted by Crippen LogP contribution is 2.56. The van der Waals surface area contributed by atoms with E-state index in [1.807, 2.05) is 12.1 Å². The zero-order valence-electron chi connectivity index (χ0n) is 21.9. The molecule has 5 aromatic rings. The van der Waals surface area contributed by atoms with Crippen LogP contribution in [0, 0.1) is 0 Å². The Labute approximate surface area is 224 Å². The Kier molecular flexibility index (Phi) is 6.04. The van der Waals surface area contributed by atoms with Gasteiger partial charge in [0.05, 0.1) is 5.41 Å². The van der Waals surface area contributed by atoms with E-state index in [0.717, 1.165) is 35.1 Å². The second kappa shape index (κ2) is 9.54. The number of aromatic hydroxyl groups is 2. The number of fused-ring (bicyclic) bond motifs is 3. The van der Waals surface area contributed by atoms with Crippen molar-refractivity contribution in [2.45, 2.75) is 38.5 Å². The second-order valence-electron chi connectivity index (χ2n) is 10.2. The van der Waals surface area contributed by atoms with Crippen molar-refractivity contribution in [2.75, 3.05) is 0 Å². The molecule has 188 valence electrons. The standard InChI is InChI=1S/C36H32O2/c1-3-24-13-15-25(16-14-24)21-27-23-29(18-20-35(27)38)36(28-17-19-34(37)26(4-2)22-28)32-11-7-5-9-30(32)31-10-6-8-12-33(31)36/h5-20,22-23,37-38H,3-4,21H2,1-2H3. The first kappa shape index (κ1) is 24.1. The Morgan fingerprint density at radius 2 is 1.03 bits per heavy atom. The highest BCUT2D eigenvalue weighted by atomic mass is 16.3. The summed E-state index contributed by atoms with van der Waals surface area (Å²) in [6.07, 6.45) is 2.40. The average Bonchev–Trinajstić information content (AvgIpc) is 3.26. The van der Waals surface area contributed by atoms with Gasteiger partial charge in [-0.3, -0.25) is 0 Å². The molecule has 0 radical (unpaired) electrons. The van der Waals surface area contributed by atoms with E-state index < -0.39 is 5.41 Å². The van der Waals surface area contributed by atoms with Crippen LogP contribution in [0.5, 0.6) is 11.5 Å². The third-order valence-corrected chi connectivity index (χ3v) is 8.18. The van der Waals surface area contributed by atoms with Gasteiger partial charge in [-0.05, 0) is 80.6 Å². The highest BCUT2D eigenvalue weighted by molar-refractivity contribution is 5.86. The molecule has 1 aliphatic rings. The van der Waals surface area contributed by atoms with E-state index in [-0.39, 0.29) is 0 Å². The maximum Gasteiger partial charge on any atom is 0.119 e. The molecule has 1 aliphatic carbocycles. The fourth-order valence-electron chi connectivity index (χ4n) is 6.20. The molecule has 0 amide bonds. The van der Waals surface area contributed by atoms with Gasteiger partial charge in [0.2, 0.25) is 0 Å². The molecule has 0 heterocycles. The summed E-state index contributed by atoms with van der Waals surface area (Å²) in [7, 11) is 0. The summed E-state index contributed by atoms with van der Waals surface area (Å²) in [5, 5.41) is 21.5. The highest BCUT2D eigenvalue weighted by Gasteiger charge is 2.46. The SMILES string of the molecule is CCc1ccc(Cc2cc(C3(c4ccc(O)c(CC)c4)c4ccccc4-c4ccccc43)ccc2O)cc1. The smallest absolute Gasteiger partial charge is 0.119 e. The molecule has 2 heteroatoms. The number of phenolic OH excluding ortho intramolecular Hbond substituents is 2. The predicted molar refractivity (Wildman–Crippen MR) is 155 cm³/mol. The van der Waals surface area contributed by atoms with Crippen LogP contribution in [0.2, 0.25) is 0 Å². The lowest BCUT2D eigenvalue weighted by Gasteiger charge is -2.34. The number of hydrogen-bond donors (Lipinski definition) is 2. The van der Waals surface area contributed by atoms with Crippen LogP contribution in [-0.2, 0) is 24.7 Å². The van der Waals surface area contributed by atoms with E-state index >= 15 is 0 Å². The van der Waals surface area contributed by atoms with Crippen LogP contribution >= 0.6 is 0 Å². The number of hydrogen-bond acceptors (Lipinski definition) is 2. The molecule has 5 aromatic carbocycles. The summed E-state index contributed by atoms with van der Waals surface area (Å²) < 4.78 is 0. The Morgan fingerprint density at radius 1 is 0.526 bits per heavy atom. The monoisotopic (exact) mass is 496 g/mol. The maximum absolute atomic E-state index is 11.0. The molecule has 0 aromatic heterocycles. The lowest BCUT2D eigenvalue weighted by atomic mass is 9.67. The van der Waals surface area contributed by atoms with Crippen LogP contribution in [-0.4, -0.2) is 10.2 Å². The molecular weight excluding hydrogens is 464 g/mol. The van der Waals surface area contributed by atoms with E-state index in [9.17, 15) is 10.2 Å². The minimum atomic E-state index is -0.570. The molecule has 2 N–H and O–H groups in total. The van der Waals surface area contributed by atoms with Crippen molar-refractivity contribution in [2.24, 2.45) is 0 Å². The van der Waals surface area contributed by atoms with Gasteiger partial charge in [0.25, 0.3) is 0 Å². The molecule has 0 bridgehead atoms. The third-order valence-electron chi connectivity index (χ3n) is 8.18. The fraction of sp³-hybridized carbons (Fsp3) is 0.167. The molecule has 0 aliphatic heterocycles. The number of rotatable bonds is 6. The third kappa shape index (κ3) is 3.71. The van der Waals surface area contributed by atoms with E-state index in [2.05, 4.69) is 111 Å². The fourth-order valence-corrected chi connectivity index (χ4v) is 6.20. The molecule has 38 heavy (non-hydrogen) atoms. The van der Waals surface area contributed by atoms with Crippen LogP contribution in [0.15, 0.2) is 109 Å². The van der Waals surface area contributed by atoms with E-state index in [1.54, 1.807) is 0 Å². The Hall–Kier alpha value is -4.30. The Morgan fingerprint density at radius 3 is 1.58 bits per heavy atom. The van der Waals surface area contributed by atoms with Gasteiger partial charge in [-0.1, -0.05) is 111 Å². The predicted octanol–water partition coefficient (Wildman–Crippen LogP) is 8.18. The lowest BCUT2D eigenvalue weighted by Crippen LogP contribution is -2.29. The van der Waals surface area contributed by atoms with Gasteiger partial charge in [0.1, 0.15) is 11.5 Å². The van der Waals surface area contributed by atoms with Gasteiger partial charge in [0.15, 0.2) is 0 Å². The van der Waals surface area contributed by atoms with Crippen molar-refractivity contribution in [1.82, 2.24) is 0 Å². The minimum absolute atomic E-state index is 0.308. The number of aryl methyl sites for hydroxylation is 2. The minimum Gasteiger partial charge on any atom is -0.508 e. The van der Waals surface area contributed by atoms with Crippen molar-refractivity contribution < 1.29 is 10.2 Å². The zero-order chi connectivity index (χ0) is 26.3. The molecular formula is C36H32O2. The summed E-state index contributed by atoms with van der Waals surface area (Å²) in [4.78, 5) is 0. The molecule has 0 atom stereocenters. The summed E-state index contributed by atoms with van der Waals surface area (Å²) in [5.74, 6) is 0.635. The number of phenols is 2. The first-order valence-electron chi connectivity index (χ1n) is 13.5. The largest absolute Gasteiger partial charge is 0.508 e. The second-order valence-corrected chi connectivity index (χ2v) is 10.2. The van der Waals surface area contributed by atoms with Crippen LogP contribution in [0.25, 0.3) is 11.1 Å². The van der Waals surface area contributed by atoms with Crippen LogP contribution in [0.1, 0.15) is 58.4 Å². The van der Waals surface area contributed by atoms with Gasteiger partial charge < -0.3 is 10.2 Å². The van der Waals surface area contributed by atoms with Gasteiger partial charge >= 0.3 is 0 Å². The molecule has 2 nitrogen and oxygen atoms in total. The average molecular weight is 497 g/mol. The van der Waals surface area contributed by atoms with Gasteiger partial charge in [-0.15, -0.1) is 0 Å². The topological polar surface area (TPSA) is 40.5 Å². The summed E-state index contributed by atoms with van der Waals surface area (Å²) in [6, 6.07) is 38.1. The van der Waals surface area contributed by atoms with Crippen molar-refractivity contribution in [1.29, 1.82) is 0 Å². The van der Waals surface area contributed by atoms with Crippen LogP contribution in [0.4, 0.5) is 0 Å². The first-order chi connectivity index (χ1) is 18.6. The Balaban J connectivity index is 1.62. The van der Waals surface area contributed by atoms with E-state index in [4.69, 9.17) is 0 Å². The molecule has 0 fully saturated rings. The number of benzene rings is 5. The maximum atomic E-state index is 11.0. The molecule has 0 saturated carbocycles. The van der Waals surface area contributed by atoms with E-state index in [1.165, 1.54) is 33.4 Å². The Bertz CT molecular complexity index is 1580. The molecule has 6 rings (SSSR count). The van der Waals surface area contributed by atoms with Gasteiger partial charge in [-0.25, -0.2) is 0 Å². The summed E-state index contributed by atoms with van der Waals surface area (Å²) >= 11 is 0. The molecule has 0 spiro atoms. The van der Waals surface area contributed by atoms with Crippen molar-refractivity contribution in [3.05, 3.63) is 154 Å². The quantitative estimate of drug-likeness (QED) is 0.244. The van der Waals surface area contributed by atoms with Crippen LogP contribution in [0.3, 0.4) is 0 Å². The zero-order valence-corrected chi connectivity index (χ0v) is 21.9. The summed E-state index contributed by atoms with van der Waals surface area (Å²) in [5.41, 5.74) is 10.9. The van der Waals surface area contributed by atoms with Gasteiger partial charge in [0, 0.05) is 6.42 Å². The van der Waals surface area contributed by atoms with Crippen molar-refractivity contribution in [3.8, 4) is 22.6 Å². The van der Waals surface area contributed by atoms with Crippen LogP contribution < -0.4 is 0 Å². The molecule has 0 saturated heterocycles. The van der Waals surface area contributed by atoms with Gasteiger partial charge in [-0.2, -0.15) is 0 Å². The van der Waals surface area contributed by atoms with Crippen molar-refractivity contribution >= 4 is 0 Å². The van der Waals surface area contributed by atoms with Crippen molar-refractivity contribution in [3.63, 3.8) is 0 Å². The first-order valence-corrected chi connectivity index (χ1v) is 13.5. The van der Waals surface area contributed by atoms with E-state index in [0.29, 0.717) is 17.9 Å².